The number of fused-ring (bicyclic) bond motifs is 7. The second-order valence-corrected chi connectivity index (χ2v) is 14.3. The second kappa shape index (κ2) is 12.3. The summed E-state index contributed by atoms with van der Waals surface area (Å²) in [6.45, 7) is 0. The van der Waals surface area contributed by atoms with Crippen molar-refractivity contribution in [3.8, 4) is 33.4 Å². The molecule has 1 heterocycles. The van der Waals surface area contributed by atoms with Gasteiger partial charge >= 0.3 is 0 Å². The van der Waals surface area contributed by atoms with Crippen LogP contribution in [-0.2, 0) is 6.42 Å². The first-order valence-corrected chi connectivity index (χ1v) is 18.7. The molecule has 0 aliphatic rings. The Morgan fingerprint density at radius 1 is 0.315 bits per heavy atom. The van der Waals surface area contributed by atoms with E-state index in [1.807, 2.05) is 0 Å². The van der Waals surface area contributed by atoms with E-state index in [-0.39, 0.29) is 0 Å². The molecule has 0 radical (unpaired) electrons. The highest BCUT2D eigenvalue weighted by Crippen LogP contribution is 2.48. The normalized spacial score (nSPS) is 11.8. The fourth-order valence-electron chi connectivity index (χ4n) is 9.00. The summed E-state index contributed by atoms with van der Waals surface area (Å²) in [4.78, 5) is 0. The Morgan fingerprint density at radius 3 is 1.44 bits per heavy atom. The molecular weight excluding hydrogens is 653 g/mol. The molecule has 1 aromatic heterocycles. The molecule has 54 heavy (non-hydrogen) atoms. The molecule has 0 aliphatic carbocycles. The molecule has 0 spiro atoms. The first kappa shape index (κ1) is 30.6. The van der Waals surface area contributed by atoms with E-state index in [1.165, 1.54) is 82.0 Å². The third kappa shape index (κ3) is 4.72. The zero-order valence-electron chi connectivity index (χ0n) is 29.6. The molecular formula is C53H34O. The lowest BCUT2D eigenvalue weighted by Crippen LogP contribution is -1.98. The molecule has 10 aromatic carbocycles. The fourth-order valence-corrected chi connectivity index (χ4v) is 9.00. The van der Waals surface area contributed by atoms with E-state index in [1.54, 1.807) is 0 Å². The Labute approximate surface area is 313 Å². The number of rotatable bonds is 5. The van der Waals surface area contributed by atoms with E-state index in [9.17, 15) is 0 Å². The van der Waals surface area contributed by atoms with Crippen LogP contribution in [0.4, 0.5) is 0 Å². The monoisotopic (exact) mass is 686 g/mol. The van der Waals surface area contributed by atoms with E-state index >= 15 is 0 Å². The molecule has 0 saturated carbocycles. The van der Waals surface area contributed by atoms with E-state index < -0.39 is 0 Å². The molecule has 0 aliphatic heterocycles. The van der Waals surface area contributed by atoms with Crippen LogP contribution in [0, 0.1) is 0 Å². The summed E-state index contributed by atoms with van der Waals surface area (Å²) in [6.07, 6.45) is 0.810. The van der Waals surface area contributed by atoms with Crippen molar-refractivity contribution in [1.82, 2.24) is 0 Å². The highest BCUT2D eigenvalue weighted by atomic mass is 16.3. The van der Waals surface area contributed by atoms with Crippen LogP contribution in [-0.4, -0.2) is 0 Å². The van der Waals surface area contributed by atoms with Crippen molar-refractivity contribution in [3.05, 3.63) is 205 Å². The van der Waals surface area contributed by atoms with Crippen LogP contribution < -0.4 is 0 Å². The number of para-hydroxylation sites is 1. The van der Waals surface area contributed by atoms with Crippen molar-refractivity contribution in [3.63, 3.8) is 0 Å². The summed E-state index contributed by atoms with van der Waals surface area (Å²) >= 11 is 0. The molecule has 0 bridgehead atoms. The predicted octanol–water partition coefficient (Wildman–Crippen LogP) is 14.8. The Bertz CT molecular complexity index is 3180. The average Bonchev–Trinajstić information content (AvgIpc) is 3.63. The fraction of sp³-hybridized carbons (Fsp3) is 0.0189. The summed E-state index contributed by atoms with van der Waals surface area (Å²) in [6, 6.07) is 70.6. The maximum absolute atomic E-state index is 6.86. The summed E-state index contributed by atoms with van der Waals surface area (Å²) in [7, 11) is 0. The van der Waals surface area contributed by atoms with Gasteiger partial charge in [0.05, 0.1) is 0 Å². The molecule has 1 nitrogen and oxygen atoms in total. The first-order valence-electron chi connectivity index (χ1n) is 18.7. The minimum Gasteiger partial charge on any atom is -0.455 e. The molecule has 11 rings (SSSR count). The van der Waals surface area contributed by atoms with Crippen LogP contribution in [0.25, 0.3) is 98.4 Å². The molecule has 0 atom stereocenters. The third-order valence-electron chi connectivity index (χ3n) is 11.4. The summed E-state index contributed by atoms with van der Waals surface area (Å²) in [5, 5.41) is 12.3. The Morgan fingerprint density at radius 2 is 0.778 bits per heavy atom. The van der Waals surface area contributed by atoms with Gasteiger partial charge in [-0.2, -0.15) is 0 Å². The lowest BCUT2D eigenvalue weighted by atomic mass is 9.83. The van der Waals surface area contributed by atoms with Crippen LogP contribution >= 0.6 is 0 Å². The first-order chi connectivity index (χ1) is 26.8. The molecule has 252 valence electrons. The molecule has 0 N–H and O–H groups in total. The highest BCUT2D eigenvalue weighted by molar-refractivity contribution is 6.24. The Balaban J connectivity index is 1.18. The SMILES string of the molecule is c1ccc(-c2cccc3ccccc23)c(Cc2c3ccccc3c(-c3ccc(-c4cccc5ccccc45)c4oc5ccccc5c34)c3ccccc23)c1. The van der Waals surface area contributed by atoms with Crippen molar-refractivity contribution in [1.29, 1.82) is 0 Å². The Hall–Kier alpha value is -6.96. The van der Waals surface area contributed by atoms with E-state index in [2.05, 4.69) is 194 Å². The average molecular weight is 687 g/mol. The number of benzene rings is 10. The minimum atomic E-state index is 0.810. The molecule has 1 heteroatoms. The van der Waals surface area contributed by atoms with Gasteiger partial charge in [-0.05, 0) is 101 Å². The van der Waals surface area contributed by atoms with Gasteiger partial charge in [-0.1, -0.05) is 182 Å². The smallest absolute Gasteiger partial charge is 0.143 e. The summed E-state index contributed by atoms with van der Waals surface area (Å²) < 4.78 is 6.86. The van der Waals surface area contributed by atoms with Crippen molar-refractivity contribution < 1.29 is 4.42 Å². The standard InChI is InChI=1S/C53H34O/c1-4-20-37-34(15-1)18-13-28-40(37)39-22-6-3-17-36(39)33-49-42-23-7-9-25-44(42)51(45-26-10-8-24-43(45)49)48-32-31-46(41-29-14-19-35-16-2-5-21-38(35)41)53-52(48)47-27-11-12-30-50(47)54-53/h1-32H,33H2. The number of furan rings is 1. The van der Waals surface area contributed by atoms with E-state index in [0.29, 0.717) is 0 Å². The summed E-state index contributed by atoms with van der Waals surface area (Å²) in [5.74, 6) is 0. The third-order valence-corrected chi connectivity index (χ3v) is 11.4. The van der Waals surface area contributed by atoms with Crippen molar-refractivity contribution in [2.24, 2.45) is 0 Å². The number of hydrogen-bond donors (Lipinski definition) is 0. The molecule has 0 amide bonds. The highest BCUT2D eigenvalue weighted by Gasteiger charge is 2.23. The van der Waals surface area contributed by atoms with Crippen LogP contribution in [0.2, 0.25) is 0 Å². The predicted molar refractivity (Wildman–Crippen MR) is 229 cm³/mol. The lowest BCUT2D eigenvalue weighted by molar-refractivity contribution is 0.670. The van der Waals surface area contributed by atoms with E-state index in [4.69, 9.17) is 4.42 Å². The van der Waals surface area contributed by atoms with Gasteiger partial charge in [0.25, 0.3) is 0 Å². The van der Waals surface area contributed by atoms with Gasteiger partial charge in [-0.3, -0.25) is 0 Å². The molecule has 0 saturated heterocycles. The van der Waals surface area contributed by atoms with Crippen molar-refractivity contribution in [2.75, 3.05) is 0 Å². The van der Waals surface area contributed by atoms with Crippen LogP contribution in [0.5, 0.6) is 0 Å². The lowest BCUT2D eigenvalue weighted by Gasteiger charge is -2.20. The molecule has 0 unspecified atom stereocenters. The van der Waals surface area contributed by atoms with Crippen molar-refractivity contribution in [2.45, 2.75) is 6.42 Å². The quantitative estimate of drug-likeness (QED) is 0.164. The number of hydrogen-bond acceptors (Lipinski definition) is 1. The van der Waals surface area contributed by atoms with Gasteiger partial charge in [-0.25, -0.2) is 0 Å². The van der Waals surface area contributed by atoms with Crippen LogP contribution in [0.3, 0.4) is 0 Å². The van der Waals surface area contributed by atoms with Gasteiger partial charge in [0.2, 0.25) is 0 Å². The van der Waals surface area contributed by atoms with Crippen LogP contribution in [0.15, 0.2) is 199 Å². The zero-order valence-corrected chi connectivity index (χ0v) is 29.6. The minimum absolute atomic E-state index is 0.810. The van der Waals surface area contributed by atoms with E-state index in [0.717, 1.165) is 33.9 Å². The van der Waals surface area contributed by atoms with Gasteiger partial charge in [0.1, 0.15) is 11.2 Å². The van der Waals surface area contributed by atoms with Crippen molar-refractivity contribution >= 4 is 65.0 Å². The second-order valence-electron chi connectivity index (χ2n) is 14.3. The molecule has 11 aromatic rings. The van der Waals surface area contributed by atoms with Gasteiger partial charge in [0.15, 0.2) is 0 Å². The largest absolute Gasteiger partial charge is 0.455 e. The maximum Gasteiger partial charge on any atom is 0.143 e. The summed E-state index contributed by atoms with van der Waals surface area (Å²) in [5.41, 5.74) is 11.8. The van der Waals surface area contributed by atoms with Gasteiger partial charge < -0.3 is 4.42 Å². The van der Waals surface area contributed by atoms with Crippen LogP contribution in [0.1, 0.15) is 11.1 Å². The Kier molecular flexibility index (Phi) is 7.00. The zero-order chi connectivity index (χ0) is 35.6. The van der Waals surface area contributed by atoms with Gasteiger partial charge in [-0.15, -0.1) is 0 Å². The van der Waals surface area contributed by atoms with Gasteiger partial charge in [0, 0.05) is 16.3 Å². The topological polar surface area (TPSA) is 13.1 Å². The molecule has 0 fully saturated rings. The maximum atomic E-state index is 6.86.